The van der Waals surface area contributed by atoms with Gasteiger partial charge in [-0.05, 0) is 44.0 Å². The van der Waals surface area contributed by atoms with Gasteiger partial charge in [-0.1, -0.05) is 0 Å². The monoisotopic (exact) mass is 268 g/mol. The van der Waals surface area contributed by atoms with E-state index in [2.05, 4.69) is 4.72 Å². The Labute approximate surface area is 107 Å². The highest BCUT2D eigenvalue weighted by Gasteiger charge is 2.19. The van der Waals surface area contributed by atoms with Crippen molar-refractivity contribution in [2.45, 2.75) is 31.2 Å². The fourth-order valence-electron chi connectivity index (χ4n) is 1.60. The first-order chi connectivity index (χ1) is 8.40. The van der Waals surface area contributed by atoms with Crippen LogP contribution < -0.4 is 4.72 Å². The minimum absolute atomic E-state index is 0.0734. The second-order valence-corrected chi connectivity index (χ2v) is 5.81. The average molecular weight is 268 g/mol. The molecule has 0 aromatic heterocycles. The van der Waals surface area contributed by atoms with Crippen LogP contribution in [0.2, 0.25) is 0 Å². The molecule has 0 aliphatic heterocycles. The second-order valence-electron chi connectivity index (χ2n) is 4.13. The minimum atomic E-state index is -3.61. The van der Waals surface area contributed by atoms with Crippen LogP contribution in [0.5, 0.6) is 0 Å². The Balaban J connectivity index is 3.03. The molecule has 1 rings (SSSR count). The Morgan fingerprint density at radius 3 is 2.67 bits per heavy atom. The molecular formula is C12H16N2O3S. The Bertz CT molecular complexity index is 561. The third kappa shape index (κ3) is 3.53. The maximum atomic E-state index is 12.1. The minimum Gasteiger partial charge on any atom is -0.396 e. The van der Waals surface area contributed by atoms with Crippen molar-refractivity contribution >= 4 is 10.0 Å². The number of sulfonamides is 1. The van der Waals surface area contributed by atoms with Gasteiger partial charge in [0.15, 0.2) is 0 Å². The molecule has 0 fully saturated rings. The van der Waals surface area contributed by atoms with Gasteiger partial charge in [-0.25, -0.2) is 13.1 Å². The van der Waals surface area contributed by atoms with Crippen LogP contribution in [0.4, 0.5) is 0 Å². The van der Waals surface area contributed by atoms with Gasteiger partial charge in [0.05, 0.1) is 16.5 Å². The van der Waals surface area contributed by atoms with Crippen molar-refractivity contribution in [2.24, 2.45) is 0 Å². The van der Waals surface area contributed by atoms with Crippen LogP contribution in [0.25, 0.3) is 0 Å². The zero-order valence-electron chi connectivity index (χ0n) is 10.3. The first kappa shape index (κ1) is 14.6. The Morgan fingerprint density at radius 2 is 2.17 bits per heavy atom. The summed E-state index contributed by atoms with van der Waals surface area (Å²) in [6.45, 7) is 3.26. The summed E-state index contributed by atoms with van der Waals surface area (Å²) < 4.78 is 26.6. The Hall–Kier alpha value is -1.42. The van der Waals surface area contributed by atoms with Crippen LogP contribution in [0.3, 0.4) is 0 Å². The third-order valence-electron chi connectivity index (χ3n) is 2.51. The van der Waals surface area contributed by atoms with E-state index >= 15 is 0 Å². The van der Waals surface area contributed by atoms with Gasteiger partial charge < -0.3 is 5.11 Å². The van der Waals surface area contributed by atoms with Gasteiger partial charge in [-0.3, -0.25) is 0 Å². The Morgan fingerprint density at radius 1 is 1.50 bits per heavy atom. The molecule has 0 saturated heterocycles. The first-order valence-electron chi connectivity index (χ1n) is 5.54. The number of aliphatic hydroxyl groups excluding tert-OH is 1. The van der Waals surface area contributed by atoms with Crippen LogP contribution in [-0.4, -0.2) is 26.2 Å². The number of aryl methyl sites for hydroxylation is 1. The van der Waals surface area contributed by atoms with Crippen LogP contribution >= 0.6 is 0 Å². The number of nitrogens with one attached hydrogen (secondary N) is 1. The van der Waals surface area contributed by atoms with E-state index in [4.69, 9.17) is 10.4 Å². The summed E-state index contributed by atoms with van der Waals surface area (Å²) >= 11 is 0. The molecule has 0 radical (unpaired) electrons. The largest absolute Gasteiger partial charge is 0.396 e. The van der Waals surface area contributed by atoms with E-state index in [-0.39, 0.29) is 17.5 Å². The summed E-state index contributed by atoms with van der Waals surface area (Å²) in [4.78, 5) is 0.159. The molecule has 98 valence electrons. The van der Waals surface area contributed by atoms with Crippen molar-refractivity contribution in [3.05, 3.63) is 29.3 Å². The van der Waals surface area contributed by atoms with Gasteiger partial charge in [0.2, 0.25) is 10.0 Å². The number of aliphatic hydroxyl groups is 1. The van der Waals surface area contributed by atoms with Crippen molar-refractivity contribution in [3.8, 4) is 6.07 Å². The number of rotatable bonds is 5. The molecule has 1 atom stereocenters. The van der Waals surface area contributed by atoms with Crippen molar-refractivity contribution in [2.75, 3.05) is 6.61 Å². The molecule has 0 aliphatic carbocycles. The SMILES string of the molecule is Cc1cc(C#N)ccc1S(=O)(=O)NC(C)CCO. The van der Waals surface area contributed by atoms with Crippen LogP contribution in [0.1, 0.15) is 24.5 Å². The van der Waals surface area contributed by atoms with E-state index in [1.54, 1.807) is 13.8 Å². The first-order valence-corrected chi connectivity index (χ1v) is 7.03. The molecule has 5 nitrogen and oxygen atoms in total. The highest BCUT2D eigenvalue weighted by Crippen LogP contribution is 2.16. The van der Waals surface area contributed by atoms with Crippen molar-refractivity contribution in [3.63, 3.8) is 0 Å². The fraction of sp³-hybridized carbons (Fsp3) is 0.417. The molecule has 1 aromatic carbocycles. The fourth-order valence-corrected chi connectivity index (χ4v) is 3.11. The van der Waals surface area contributed by atoms with Crippen molar-refractivity contribution < 1.29 is 13.5 Å². The van der Waals surface area contributed by atoms with E-state index in [1.165, 1.54) is 18.2 Å². The number of nitrogens with zero attached hydrogens (tertiary/aromatic N) is 1. The number of hydrogen-bond acceptors (Lipinski definition) is 4. The van der Waals surface area contributed by atoms with Crippen LogP contribution in [0, 0.1) is 18.3 Å². The van der Waals surface area contributed by atoms with Gasteiger partial charge >= 0.3 is 0 Å². The highest BCUT2D eigenvalue weighted by atomic mass is 32.2. The van der Waals surface area contributed by atoms with E-state index in [1.807, 2.05) is 6.07 Å². The summed E-state index contributed by atoms with van der Waals surface area (Å²) in [5.74, 6) is 0. The quantitative estimate of drug-likeness (QED) is 0.830. The summed E-state index contributed by atoms with van der Waals surface area (Å²) in [6.07, 6.45) is 0.356. The molecule has 0 aliphatic rings. The highest BCUT2D eigenvalue weighted by molar-refractivity contribution is 7.89. The van der Waals surface area contributed by atoms with Crippen LogP contribution in [-0.2, 0) is 10.0 Å². The zero-order valence-corrected chi connectivity index (χ0v) is 11.2. The van der Waals surface area contributed by atoms with Crippen molar-refractivity contribution in [1.82, 2.24) is 4.72 Å². The smallest absolute Gasteiger partial charge is 0.241 e. The number of benzene rings is 1. The molecule has 0 amide bonds. The van der Waals surface area contributed by atoms with Gasteiger partial charge in [-0.15, -0.1) is 0 Å². The predicted molar refractivity (Wildman–Crippen MR) is 67.4 cm³/mol. The summed E-state index contributed by atoms with van der Waals surface area (Å²) in [6, 6.07) is 6.04. The lowest BCUT2D eigenvalue weighted by Crippen LogP contribution is -2.33. The van der Waals surface area contributed by atoms with Crippen molar-refractivity contribution in [1.29, 1.82) is 5.26 Å². The lowest BCUT2D eigenvalue weighted by Gasteiger charge is -2.14. The van der Waals surface area contributed by atoms with Gasteiger partial charge in [0.25, 0.3) is 0 Å². The van der Waals surface area contributed by atoms with Crippen LogP contribution in [0.15, 0.2) is 23.1 Å². The van der Waals surface area contributed by atoms with E-state index in [0.29, 0.717) is 17.5 Å². The molecule has 1 unspecified atom stereocenters. The topological polar surface area (TPSA) is 90.2 Å². The van der Waals surface area contributed by atoms with Gasteiger partial charge in [0.1, 0.15) is 0 Å². The molecule has 0 bridgehead atoms. The Kier molecular flexibility index (Phi) is 4.84. The molecule has 18 heavy (non-hydrogen) atoms. The summed E-state index contributed by atoms with van der Waals surface area (Å²) in [5.41, 5.74) is 0.951. The maximum absolute atomic E-state index is 12.1. The van der Waals surface area contributed by atoms with Gasteiger partial charge in [-0.2, -0.15) is 5.26 Å². The summed E-state index contributed by atoms with van der Waals surface area (Å²) in [5, 5.41) is 17.5. The molecular weight excluding hydrogens is 252 g/mol. The lowest BCUT2D eigenvalue weighted by atomic mass is 10.2. The molecule has 1 aromatic rings. The van der Waals surface area contributed by atoms with E-state index < -0.39 is 10.0 Å². The lowest BCUT2D eigenvalue weighted by molar-refractivity contribution is 0.275. The average Bonchev–Trinajstić information content (AvgIpc) is 2.27. The molecule has 2 N–H and O–H groups in total. The number of hydrogen-bond donors (Lipinski definition) is 2. The molecule has 0 spiro atoms. The molecule has 6 heteroatoms. The zero-order chi connectivity index (χ0) is 13.8. The molecule has 0 saturated carbocycles. The maximum Gasteiger partial charge on any atom is 0.241 e. The van der Waals surface area contributed by atoms with E-state index in [0.717, 1.165) is 0 Å². The standard InChI is InChI=1S/C12H16N2O3S/c1-9-7-11(8-13)3-4-12(9)18(16,17)14-10(2)5-6-15/h3-4,7,10,14-15H,5-6H2,1-2H3. The van der Waals surface area contributed by atoms with E-state index in [9.17, 15) is 8.42 Å². The normalized spacial score (nSPS) is 13.0. The third-order valence-corrected chi connectivity index (χ3v) is 4.26. The predicted octanol–water partition coefficient (Wildman–Crippen LogP) is 0.916. The number of nitriles is 1. The summed E-state index contributed by atoms with van der Waals surface area (Å²) in [7, 11) is -3.61. The second kappa shape index (κ2) is 5.96. The van der Waals surface area contributed by atoms with Gasteiger partial charge in [0, 0.05) is 12.6 Å². The molecule has 0 heterocycles.